The Labute approximate surface area is 171 Å². The van der Waals surface area contributed by atoms with Crippen LogP contribution in [-0.2, 0) is 14.3 Å². The van der Waals surface area contributed by atoms with Gasteiger partial charge in [0.25, 0.3) is 0 Å². The van der Waals surface area contributed by atoms with Gasteiger partial charge in [-0.1, -0.05) is 20.3 Å². The second-order valence-electron chi connectivity index (χ2n) is 9.67. The molecule has 0 aromatic heterocycles. The van der Waals surface area contributed by atoms with Gasteiger partial charge in [-0.05, 0) is 70.1 Å². The molecule has 1 atom stereocenters. The molecule has 0 bridgehead atoms. The summed E-state index contributed by atoms with van der Waals surface area (Å²) in [5.41, 5.74) is -0.0225. The Morgan fingerprint density at radius 1 is 0.929 bits per heavy atom. The summed E-state index contributed by atoms with van der Waals surface area (Å²) in [6, 6.07) is 0. The molecule has 28 heavy (non-hydrogen) atoms. The number of amides is 2. The van der Waals surface area contributed by atoms with Gasteiger partial charge < -0.3 is 14.5 Å². The van der Waals surface area contributed by atoms with Crippen molar-refractivity contribution < 1.29 is 14.3 Å². The van der Waals surface area contributed by atoms with Crippen LogP contribution in [0.15, 0.2) is 0 Å². The maximum atomic E-state index is 13.1. The van der Waals surface area contributed by atoms with Crippen LogP contribution in [-0.4, -0.2) is 60.5 Å². The fraction of sp³-hybridized carbons (Fsp3) is 0.913. The number of piperidine rings is 2. The first-order valence-corrected chi connectivity index (χ1v) is 11.6. The summed E-state index contributed by atoms with van der Waals surface area (Å²) in [4.78, 5) is 29.4. The van der Waals surface area contributed by atoms with Crippen molar-refractivity contribution in [2.45, 2.75) is 78.7 Å². The monoisotopic (exact) mass is 392 g/mol. The Kier molecular flexibility index (Phi) is 7.06. The van der Waals surface area contributed by atoms with Crippen molar-refractivity contribution in [1.82, 2.24) is 9.80 Å². The minimum atomic E-state index is -0.0225. The molecule has 1 saturated carbocycles. The maximum Gasteiger partial charge on any atom is 0.248 e. The van der Waals surface area contributed by atoms with Crippen molar-refractivity contribution in [3.05, 3.63) is 0 Å². The number of carbonyl (C=O) groups excluding carboxylic acids is 2. The summed E-state index contributed by atoms with van der Waals surface area (Å²) < 4.78 is 5.46. The molecular weight excluding hydrogens is 352 g/mol. The molecule has 0 aromatic rings. The Balaban J connectivity index is 1.41. The van der Waals surface area contributed by atoms with E-state index in [0.29, 0.717) is 23.7 Å². The number of hydrogen-bond acceptors (Lipinski definition) is 3. The Bertz CT molecular complexity index is 542. The van der Waals surface area contributed by atoms with Crippen LogP contribution in [0.1, 0.15) is 72.6 Å². The fourth-order valence-corrected chi connectivity index (χ4v) is 5.28. The van der Waals surface area contributed by atoms with Gasteiger partial charge in [0.15, 0.2) is 0 Å². The third-order valence-electron chi connectivity index (χ3n) is 7.70. The molecule has 0 spiro atoms. The van der Waals surface area contributed by atoms with Gasteiger partial charge in [0, 0.05) is 26.2 Å². The van der Waals surface area contributed by atoms with Crippen molar-refractivity contribution >= 4 is 11.8 Å². The van der Waals surface area contributed by atoms with E-state index >= 15 is 0 Å². The highest BCUT2D eigenvalue weighted by Crippen LogP contribution is 2.54. The summed E-state index contributed by atoms with van der Waals surface area (Å²) in [6.45, 7) is 12.2. The summed E-state index contributed by atoms with van der Waals surface area (Å²) in [5, 5.41) is 0. The van der Waals surface area contributed by atoms with Gasteiger partial charge >= 0.3 is 0 Å². The SMILES string of the molecule is CCC(C)C1(C(=O)N2CCC(C3CCN(C(=O)COC(C)C)CC3)CC2)CC1. The molecule has 0 aromatic carbocycles. The number of nitrogens with zero attached hydrogens (tertiary/aromatic N) is 2. The van der Waals surface area contributed by atoms with E-state index in [1.807, 2.05) is 18.7 Å². The van der Waals surface area contributed by atoms with Crippen LogP contribution in [0.5, 0.6) is 0 Å². The lowest BCUT2D eigenvalue weighted by molar-refractivity contribution is -0.142. The van der Waals surface area contributed by atoms with Gasteiger partial charge in [-0.25, -0.2) is 0 Å². The van der Waals surface area contributed by atoms with E-state index in [0.717, 1.165) is 71.1 Å². The highest BCUT2D eigenvalue weighted by Gasteiger charge is 2.54. The Morgan fingerprint density at radius 3 is 1.86 bits per heavy atom. The second-order valence-corrected chi connectivity index (χ2v) is 9.67. The zero-order valence-electron chi connectivity index (χ0n) is 18.4. The quantitative estimate of drug-likeness (QED) is 0.663. The Morgan fingerprint density at radius 2 is 1.43 bits per heavy atom. The Hall–Kier alpha value is -1.10. The smallest absolute Gasteiger partial charge is 0.248 e. The van der Waals surface area contributed by atoms with Crippen LogP contribution >= 0.6 is 0 Å². The van der Waals surface area contributed by atoms with E-state index in [-0.39, 0.29) is 24.0 Å². The number of ether oxygens (including phenoxy) is 1. The van der Waals surface area contributed by atoms with Crippen LogP contribution in [0.4, 0.5) is 0 Å². The molecule has 2 aliphatic heterocycles. The molecule has 3 aliphatic rings. The van der Waals surface area contributed by atoms with E-state index < -0.39 is 0 Å². The van der Waals surface area contributed by atoms with Gasteiger partial charge in [0.1, 0.15) is 6.61 Å². The molecule has 3 rings (SSSR count). The van der Waals surface area contributed by atoms with Crippen LogP contribution in [0.2, 0.25) is 0 Å². The molecule has 2 saturated heterocycles. The standard InChI is InChI=1S/C23H40N2O3/c1-5-18(4)23(10-11-23)22(27)25-14-8-20(9-15-25)19-6-12-24(13-7-19)21(26)16-28-17(2)3/h17-20H,5-16H2,1-4H3. The molecule has 0 N–H and O–H groups in total. The minimum Gasteiger partial charge on any atom is -0.369 e. The molecule has 5 heteroatoms. The normalized spacial score (nSPS) is 24.5. The third kappa shape index (κ3) is 4.72. The van der Waals surface area contributed by atoms with Crippen molar-refractivity contribution in [3.63, 3.8) is 0 Å². The van der Waals surface area contributed by atoms with E-state index in [1.165, 1.54) is 0 Å². The van der Waals surface area contributed by atoms with Crippen LogP contribution in [0.25, 0.3) is 0 Å². The lowest BCUT2D eigenvalue weighted by Gasteiger charge is -2.41. The molecule has 0 radical (unpaired) electrons. The van der Waals surface area contributed by atoms with Crippen molar-refractivity contribution in [1.29, 1.82) is 0 Å². The highest BCUT2D eigenvalue weighted by atomic mass is 16.5. The lowest BCUT2D eigenvalue weighted by atomic mass is 9.78. The molecule has 5 nitrogen and oxygen atoms in total. The average molecular weight is 393 g/mol. The fourth-order valence-electron chi connectivity index (χ4n) is 5.28. The van der Waals surface area contributed by atoms with Gasteiger partial charge in [-0.2, -0.15) is 0 Å². The largest absolute Gasteiger partial charge is 0.369 e. The summed E-state index contributed by atoms with van der Waals surface area (Å²) >= 11 is 0. The zero-order chi connectivity index (χ0) is 20.3. The molecule has 160 valence electrons. The number of rotatable bonds is 7. The number of carbonyl (C=O) groups is 2. The van der Waals surface area contributed by atoms with Crippen molar-refractivity contribution in [2.75, 3.05) is 32.8 Å². The molecule has 1 unspecified atom stereocenters. The summed E-state index contributed by atoms with van der Waals surface area (Å²) in [5.74, 6) is 2.50. The predicted molar refractivity (Wildman–Crippen MR) is 111 cm³/mol. The van der Waals surface area contributed by atoms with Gasteiger partial charge in [-0.15, -0.1) is 0 Å². The van der Waals surface area contributed by atoms with E-state index in [9.17, 15) is 9.59 Å². The van der Waals surface area contributed by atoms with Crippen LogP contribution in [0, 0.1) is 23.2 Å². The maximum absolute atomic E-state index is 13.1. The van der Waals surface area contributed by atoms with E-state index in [2.05, 4.69) is 18.7 Å². The van der Waals surface area contributed by atoms with E-state index in [1.54, 1.807) is 0 Å². The summed E-state index contributed by atoms with van der Waals surface area (Å²) in [6.07, 6.45) is 7.86. The average Bonchev–Trinajstić information content (AvgIpc) is 3.53. The topological polar surface area (TPSA) is 49.9 Å². The molecule has 3 fully saturated rings. The molecule has 2 heterocycles. The van der Waals surface area contributed by atoms with Crippen molar-refractivity contribution in [2.24, 2.45) is 23.2 Å². The van der Waals surface area contributed by atoms with Crippen LogP contribution in [0.3, 0.4) is 0 Å². The van der Waals surface area contributed by atoms with Crippen molar-refractivity contribution in [3.8, 4) is 0 Å². The first-order valence-electron chi connectivity index (χ1n) is 11.6. The predicted octanol–water partition coefficient (Wildman–Crippen LogP) is 3.71. The van der Waals surface area contributed by atoms with Gasteiger partial charge in [0.05, 0.1) is 11.5 Å². The van der Waals surface area contributed by atoms with Gasteiger partial charge in [-0.3, -0.25) is 9.59 Å². The second kappa shape index (κ2) is 9.15. The third-order valence-corrected chi connectivity index (χ3v) is 7.70. The molecular formula is C23H40N2O3. The lowest BCUT2D eigenvalue weighted by Crippen LogP contribution is -2.47. The number of likely N-dealkylation sites (tertiary alicyclic amines) is 2. The highest BCUT2D eigenvalue weighted by molar-refractivity contribution is 5.85. The van der Waals surface area contributed by atoms with Gasteiger partial charge in [0.2, 0.25) is 11.8 Å². The number of hydrogen-bond donors (Lipinski definition) is 0. The minimum absolute atomic E-state index is 0.0225. The molecule has 2 amide bonds. The summed E-state index contributed by atoms with van der Waals surface area (Å²) in [7, 11) is 0. The molecule has 1 aliphatic carbocycles. The van der Waals surface area contributed by atoms with Crippen LogP contribution < -0.4 is 0 Å². The van der Waals surface area contributed by atoms with E-state index in [4.69, 9.17) is 4.74 Å². The first kappa shape index (κ1) is 21.6. The first-order chi connectivity index (χ1) is 13.4. The zero-order valence-corrected chi connectivity index (χ0v) is 18.4.